The Morgan fingerprint density at radius 1 is 1.73 bits per heavy atom. The molecule has 0 aromatic carbocycles. The molecular formula is C9H12N4O2. The van der Waals surface area contributed by atoms with Crippen molar-refractivity contribution < 1.29 is 4.92 Å². The first-order chi connectivity index (χ1) is 7.09. The average molecular weight is 208 g/mol. The number of nitro groups is 1. The van der Waals surface area contributed by atoms with Gasteiger partial charge in [-0.3, -0.25) is 15.1 Å². The van der Waals surface area contributed by atoms with Crippen LogP contribution in [-0.2, 0) is 6.54 Å². The van der Waals surface area contributed by atoms with Crippen molar-refractivity contribution in [1.29, 1.82) is 0 Å². The topological polar surface area (TPSA) is 85.3 Å². The lowest BCUT2D eigenvalue weighted by atomic mass is 10.3. The molecule has 6 nitrogen and oxygen atoms in total. The standard InChI is InChI=1S/C9H12N4O2/c1-12(9(10)7-13(14)15)6-8-4-2-3-5-11-8/h2-5,7H,6,10H2,1H3. The molecule has 0 aliphatic rings. The number of pyridine rings is 1. The maximum Gasteiger partial charge on any atom is 0.274 e. The van der Waals surface area contributed by atoms with E-state index in [1.165, 1.54) is 0 Å². The summed E-state index contributed by atoms with van der Waals surface area (Å²) in [5.74, 6) is 0.102. The van der Waals surface area contributed by atoms with Gasteiger partial charge in [0.25, 0.3) is 6.20 Å². The summed E-state index contributed by atoms with van der Waals surface area (Å²) >= 11 is 0. The van der Waals surface area contributed by atoms with E-state index in [0.717, 1.165) is 11.9 Å². The summed E-state index contributed by atoms with van der Waals surface area (Å²) in [5.41, 5.74) is 6.29. The summed E-state index contributed by atoms with van der Waals surface area (Å²) in [6.45, 7) is 0.441. The molecule has 0 saturated heterocycles. The second-order valence-corrected chi connectivity index (χ2v) is 3.02. The number of nitrogens with two attached hydrogens (primary N) is 1. The highest BCUT2D eigenvalue weighted by Gasteiger charge is 2.05. The van der Waals surface area contributed by atoms with Crippen LogP contribution in [0.15, 0.2) is 36.4 Å². The molecule has 0 radical (unpaired) electrons. The highest BCUT2D eigenvalue weighted by atomic mass is 16.6. The zero-order chi connectivity index (χ0) is 11.3. The zero-order valence-electron chi connectivity index (χ0n) is 8.33. The fourth-order valence-electron chi connectivity index (χ4n) is 1.03. The summed E-state index contributed by atoms with van der Waals surface area (Å²) in [4.78, 5) is 15.2. The van der Waals surface area contributed by atoms with Crippen LogP contribution in [0, 0.1) is 10.1 Å². The molecule has 6 heteroatoms. The van der Waals surface area contributed by atoms with Crippen molar-refractivity contribution in [3.05, 3.63) is 52.2 Å². The Morgan fingerprint density at radius 2 is 2.47 bits per heavy atom. The van der Waals surface area contributed by atoms with Gasteiger partial charge in [0.15, 0.2) is 5.82 Å². The van der Waals surface area contributed by atoms with Crippen LogP contribution in [-0.4, -0.2) is 21.9 Å². The number of aromatic nitrogens is 1. The normalized spacial score (nSPS) is 11.1. The molecule has 1 aromatic rings. The van der Waals surface area contributed by atoms with E-state index >= 15 is 0 Å². The average Bonchev–Trinajstić information content (AvgIpc) is 2.18. The van der Waals surface area contributed by atoms with Crippen molar-refractivity contribution in [1.82, 2.24) is 9.88 Å². The van der Waals surface area contributed by atoms with Gasteiger partial charge < -0.3 is 10.6 Å². The lowest BCUT2D eigenvalue weighted by Gasteiger charge is -2.16. The maximum absolute atomic E-state index is 10.2. The van der Waals surface area contributed by atoms with Gasteiger partial charge in [0.2, 0.25) is 0 Å². The number of nitrogens with zero attached hydrogens (tertiary/aromatic N) is 3. The van der Waals surface area contributed by atoms with E-state index < -0.39 is 4.92 Å². The van der Waals surface area contributed by atoms with E-state index in [1.54, 1.807) is 24.2 Å². The van der Waals surface area contributed by atoms with Gasteiger partial charge in [0.05, 0.1) is 17.2 Å². The fourth-order valence-corrected chi connectivity index (χ4v) is 1.03. The third-order valence-corrected chi connectivity index (χ3v) is 1.80. The highest BCUT2D eigenvalue weighted by molar-refractivity contribution is 5.04. The van der Waals surface area contributed by atoms with Gasteiger partial charge >= 0.3 is 0 Å². The van der Waals surface area contributed by atoms with E-state index in [9.17, 15) is 10.1 Å². The van der Waals surface area contributed by atoms with Crippen LogP contribution in [0.5, 0.6) is 0 Å². The Hall–Kier alpha value is -2.11. The quantitative estimate of drug-likeness (QED) is 0.576. The zero-order valence-corrected chi connectivity index (χ0v) is 8.33. The maximum atomic E-state index is 10.2. The van der Waals surface area contributed by atoms with Crippen LogP contribution in [0.2, 0.25) is 0 Å². The first-order valence-electron chi connectivity index (χ1n) is 4.31. The molecule has 0 fully saturated rings. The summed E-state index contributed by atoms with van der Waals surface area (Å²) in [6, 6.07) is 5.49. The molecule has 0 aliphatic heterocycles. The summed E-state index contributed by atoms with van der Waals surface area (Å²) < 4.78 is 0. The van der Waals surface area contributed by atoms with Crippen molar-refractivity contribution >= 4 is 0 Å². The van der Waals surface area contributed by atoms with E-state index in [2.05, 4.69) is 4.98 Å². The second-order valence-electron chi connectivity index (χ2n) is 3.02. The van der Waals surface area contributed by atoms with Gasteiger partial charge in [-0.15, -0.1) is 0 Å². The molecule has 0 unspecified atom stereocenters. The lowest BCUT2D eigenvalue weighted by molar-refractivity contribution is -0.404. The Morgan fingerprint density at radius 3 is 3.00 bits per heavy atom. The summed E-state index contributed by atoms with van der Waals surface area (Å²) in [5, 5.41) is 10.2. The van der Waals surface area contributed by atoms with Crippen LogP contribution < -0.4 is 5.73 Å². The predicted octanol–water partition coefficient (Wildman–Crippen LogP) is 0.548. The molecule has 0 amide bonds. The highest BCUT2D eigenvalue weighted by Crippen LogP contribution is 2.02. The minimum absolute atomic E-state index is 0.102. The Bertz CT molecular complexity index is 364. The molecule has 0 spiro atoms. The van der Waals surface area contributed by atoms with Crippen LogP contribution >= 0.6 is 0 Å². The Labute approximate surface area is 87.2 Å². The molecule has 2 N–H and O–H groups in total. The smallest absolute Gasteiger partial charge is 0.274 e. The molecule has 80 valence electrons. The first-order valence-corrected chi connectivity index (χ1v) is 4.31. The first kappa shape index (κ1) is 11.0. The largest absolute Gasteiger partial charge is 0.380 e. The monoisotopic (exact) mass is 208 g/mol. The van der Waals surface area contributed by atoms with Gasteiger partial charge in [-0.2, -0.15) is 0 Å². The molecular weight excluding hydrogens is 196 g/mol. The number of hydrogen-bond donors (Lipinski definition) is 1. The van der Waals surface area contributed by atoms with Crippen LogP contribution in [0.3, 0.4) is 0 Å². The minimum atomic E-state index is -0.579. The van der Waals surface area contributed by atoms with Gasteiger partial charge in [-0.1, -0.05) is 6.07 Å². The number of rotatable bonds is 4. The van der Waals surface area contributed by atoms with Crippen molar-refractivity contribution in [2.75, 3.05) is 7.05 Å². The van der Waals surface area contributed by atoms with E-state index in [4.69, 9.17) is 5.73 Å². The van der Waals surface area contributed by atoms with Crippen LogP contribution in [0.1, 0.15) is 5.69 Å². The third-order valence-electron chi connectivity index (χ3n) is 1.80. The number of hydrogen-bond acceptors (Lipinski definition) is 5. The molecule has 1 aromatic heterocycles. The van der Waals surface area contributed by atoms with Crippen LogP contribution in [0.4, 0.5) is 0 Å². The Balaban J connectivity index is 2.64. The SMILES string of the molecule is CN(Cc1ccccn1)C(N)=C[N+](=O)[O-]. The third kappa shape index (κ3) is 3.63. The van der Waals surface area contributed by atoms with Crippen molar-refractivity contribution in [2.45, 2.75) is 6.54 Å². The fraction of sp³-hybridized carbons (Fsp3) is 0.222. The van der Waals surface area contributed by atoms with E-state index in [1.807, 2.05) is 12.1 Å². The van der Waals surface area contributed by atoms with Crippen LogP contribution in [0.25, 0.3) is 0 Å². The van der Waals surface area contributed by atoms with Gasteiger partial charge in [-0.05, 0) is 12.1 Å². The van der Waals surface area contributed by atoms with Crippen molar-refractivity contribution in [2.24, 2.45) is 5.73 Å². The molecule has 0 atom stereocenters. The van der Waals surface area contributed by atoms with Gasteiger partial charge in [0.1, 0.15) is 0 Å². The Kier molecular flexibility index (Phi) is 3.61. The van der Waals surface area contributed by atoms with E-state index in [-0.39, 0.29) is 5.82 Å². The molecule has 15 heavy (non-hydrogen) atoms. The minimum Gasteiger partial charge on any atom is -0.380 e. The molecule has 1 rings (SSSR count). The van der Waals surface area contributed by atoms with Gasteiger partial charge in [-0.25, -0.2) is 0 Å². The molecule has 0 saturated carbocycles. The summed E-state index contributed by atoms with van der Waals surface area (Å²) in [6.07, 6.45) is 2.43. The summed E-state index contributed by atoms with van der Waals surface area (Å²) in [7, 11) is 1.67. The van der Waals surface area contributed by atoms with Crippen molar-refractivity contribution in [3.63, 3.8) is 0 Å². The molecule has 0 bridgehead atoms. The molecule has 1 heterocycles. The van der Waals surface area contributed by atoms with E-state index in [0.29, 0.717) is 6.54 Å². The lowest BCUT2D eigenvalue weighted by Crippen LogP contribution is -2.24. The molecule has 0 aliphatic carbocycles. The predicted molar refractivity (Wildman–Crippen MR) is 55.0 cm³/mol. The van der Waals surface area contributed by atoms with Crippen molar-refractivity contribution in [3.8, 4) is 0 Å². The van der Waals surface area contributed by atoms with Gasteiger partial charge in [0, 0.05) is 13.2 Å². The second kappa shape index (κ2) is 4.94.